The number of amides is 3. The van der Waals surface area contributed by atoms with Gasteiger partial charge in [0.25, 0.3) is 0 Å². The lowest BCUT2D eigenvalue weighted by atomic mass is 9.88. The molecule has 2 atom stereocenters. The first-order chi connectivity index (χ1) is 18.2. The fourth-order valence-corrected chi connectivity index (χ4v) is 4.80. The summed E-state index contributed by atoms with van der Waals surface area (Å²) in [6.45, 7) is 2.65. The number of benzene rings is 3. The third kappa shape index (κ3) is 6.94. The molecule has 0 aromatic heterocycles. The van der Waals surface area contributed by atoms with E-state index in [-0.39, 0.29) is 31.1 Å². The molecule has 2 N–H and O–H groups in total. The van der Waals surface area contributed by atoms with Gasteiger partial charge in [-0.3, -0.25) is 4.79 Å². The van der Waals surface area contributed by atoms with E-state index in [0.29, 0.717) is 24.9 Å². The van der Waals surface area contributed by atoms with Crippen LogP contribution in [-0.2, 0) is 30.5 Å². The van der Waals surface area contributed by atoms with Gasteiger partial charge in [-0.2, -0.15) is 13.2 Å². The summed E-state index contributed by atoms with van der Waals surface area (Å²) < 4.78 is 39.1. The van der Waals surface area contributed by atoms with Crippen molar-refractivity contribution in [3.63, 3.8) is 0 Å². The van der Waals surface area contributed by atoms with Gasteiger partial charge in [0.15, 0.2) is 0 Å². The van der Waals surface area contributed by atoms with Crippen LogP contribution in [0.25, 0.3) is 0 Å². The van der Waals surface area contributed by atoms with Crippen molar-refractivity contribution in [1.82, 2.24) is 15.5 Å². The largest absolute Gasteiger partial charge is 0.416 e. The Bertz CT molecular complexity index is 1230. The van der Waals surface area contributed by atoms with Gasteiger partial charge >= 0.3 is 12.2 Å². The van der Waals surface area contributed by atoms with Crippen LogP contribution >= 0.6 is 0 Å². The molecule has 0 bridgehead atoms. The highest BCUT2D eigenvalue weighted by Gasteiger charge is 2.36. The van der Waals surface area contributed by atoms with Crippen LogP contribution in [0.2, 0.25) is 0 Å². The third-order valence-electron chi connectivity index (χ3n) is 6.99. The molecule has 0 aliphatic carbocycles. The van der Waals surface area contributed by atoms with Crippen LogP contribution < -0.4 is 10.6 Å². The molecule has 5 nitrogen and oxygen atoms in total. The van der Waals surface area contributed by atoms with E-state index in [2.05, 4.69) is 29.7 Å². The average Bonchev–Trinajstić information content (AvgIpc) is 2.94. The van der Waals surface area contributed by atoms with Crippen molar-refractivity contribution >= 4 is 11.9 Å². The number of piperidine rings is 1. The lowest BCUT2D eigenvalue weighted by Crippen LogP contribution is -2.50. The summed E-state index contributed by atoms with van der Waals surface area (Å²) in [5.41, 5.74) is 2.81. The summed E-state index contributed by atoms with van der Waals surface area (Å²) in [7, 11) is 0. The SMILES string of the molecule is CCc1ccc([C@H]2CC[C@@H](C(=O)NCc3cccc(C(F)(F)F)c3)CN2C(=O)NCc2ccccc2)cc1. The monoisotopic (exact) mass is 523 g/mol. The Morgan fingerprint density at radius 2 is 1.53 bits per heavy atom. The topological polar surface area (TPSA) is 61.4 Å². The molecule has 4 rings (SSSR count). The Hall–Kier alpha value is -3.81. The number of rotatable bonds is 7. The van der Waals surface area contributed by atoms with Gasteiger partial charge in [0, 0.05) is 19.6 Å². The van der Waals surface area contributed by atoms with Crippen LogP contribution in [0.4, 0.5) is 18.0 Å². The lowest BCUT2D eigenvalue weighted by Gasteiger charge is -2.39. The molecule has 1 heterocycles. The predicted octanol–water partition coefficient (Wildman–Crippen LogP) is 6.25. The Balaban J connectivity index is 1.45. The number of nitrogens with zero attached hydrogens (tertiary/aromatic N) is 1. The zero-order valence-corrected chi connectivity index (χ0v) is 21.3. The van der Waals surface area contributed by atoms with Gasteiger partial charge in [0.2, 0.25) is 5.91 Å². The molecule has 200 valence electrons. The maximum absolute atomic E-state index is 13.3. The molecule has 38 heavy (non-hydrogen) atoms. The Morgan fingerprint density at radius 1 is 0.842 bits per heavy atom. The van der Waals surface area contributed by atoms with Crippen molar-refractivity contribution in [2.24, 2.45) is 5.92 Å². The molecule has 1 aliphatic heterocycles. The second-order valence-electron chi connectivity index (χ2n) is 9.60. The second-order valence-corrected chi connectivity index (χ2v) is 9.60. The highest BCUT2D eigenvalue weighted by molar-refractivity contribution is 5.81. The van der Waals surface area contributed by atoms with Gasteiger partial charge in [0.05, 0.1) is 17.5 Å². The molecule has 0 radical (unpaired) electrons. The number of halogens is 3. The molecule has 0 unspecified atom stereocenters. The molecular formula is C30H32F3N3O2. The summed E-state index contributed by atoms with van der Waals surface area (Å²) in [5.74, 6) is -0.738. The van der Waals surface area contributed by atoms with E-state index in [1.165, 1.54) is 11.6 Å². The Kier molecular flexibility index (Phi) is 8.71. The maximum Gasteiger partial charge on any atom is 0.416 e. The molecule has 3 aromatic rings. The first kappa shape index (κ1) is 27.2. The standard InChI is InChI=1S/C30H32F3N3O2/c1-2-21-11-13-24(14-12-21)27-16-15-25(20-36(27)29(38)35-18-22-7-4-3-5-8-22)28(37)34-19-23-9-6-10-26(17-23)30(31,32)33/h3-14,17,25,27H,2,15-16,18-20H2,1H3,(H,34,37)(H,35,38)/t25-,27-/m1/s1. The zero-order chi connectivity index (χ0) is 27.1. The van der Waals surface area contributed by atoms with Gasteiger partial charge < -0.3 is 15.5 Å². The number of likely N-dealkylation sites (tertiary alicyclic amines) is 1. The molecular weight excluding hydrogens is 491 g/mol. The summed E-state index contributed by atoms with van der Waals surface area (Å²) in [6.07, 6.45) is -2.36. The van der Waals surface area contributed by atoms with E-state index in [1.807, 2.05) is 42.5 Å². The van der Waals surface area contributed by atoms with Gasteiger partial charge in [0.1, 0.15) is 0 Å². The minimum absolute atomic E-state index is 0.0125. The van der Waals surface area contributed by atoms with Crippen molar-refractivity contribution in [3.05, 3.63) is 107 Å². The fourth-order valence-electron chi connectivity index (χ4n) is 4.80. The first-order valence-corrected chi connectivity index (χ1v) is 12.9. The highest BCUT2D eigenvalue weighted by Crippen LogP contribution is 2.34. The van der Waals surface area contributed by atoms with Crippen molar-refractivity contribution < 1.29 is 22.8 Å². The summed E-state index contributed by atoms with van der Waals surface area (Å²) in [4.78, 5) is 28.1. The van der Waals surface area contributed by atoms with E-state index >= 15 is 0 Å². The smallest absolute Gasteiger partial charge is 0.352 e. The Labute approximate surface area is 221 Å². The van der Waals surface area contributed by atoms with Crippen LogP contribution in [-0.4, -0.2) is 23.4 Å². The molecule has 8 heteroatoms. The van der Waals surface area contributed by atoms with Crippen LogP contribution in [0.1, 0.15) is 53.6 Å². The maximum atomic E-state index is 13.3. The number of nitrogens with one attached hydrogen (secondary N) is 2. The molecule has 1 saturated heterocycles. The molecule has 3 amide bonds. The number of hydrogen-bond donors (Lipinski definition) is 2. The minimum atomic E-state index is -4.44. The van der Waals surface area contributed by atoms with E-state index in [0.717, 1.165) is 29.7 Å². The second kappa shape index (κ2) is 12.2. The number of urea groups is 1. The fraction of sp³-hybridized carbons (Fsp3) is 0.333. The number of aryl methyl sites for hydroxylation is 1. The predicted molar refractivity (Wildman–Crippen MR) is 140 cm³/mol. The van der Waals surface area contributed by atoms with Gasteiger partial charge in [-0.1, -0.05) is 73.7 Å². The number of alkyl halides is 3. The lowest BCUT2D eigenvalue weighted by molar-refractivity contribution is -0.137. The quantitative estimate of drug-likeness (QED) is 0.385. The van der Waals surface area contributed by atoms with Gasteiger partial charge in [-0.25, -0.2) is 4.79 Å². The van der Waals surface area contributed by atoms with Crippen molar-refractivity contribution in [1.29, 1.82) is 0 Å². The number of carbonyl (C=O) groups is 2. The molecule has 1 aliphatic rings. The first-order valence-electron chi connectivity index (χ1n) is 12.9. The molecule has 0 saturated carbocycles. The van der Waals surface area contributed by atoms with Crippen LogP contribution in [0.5, 0.6) is 0 Å². The third-order valence-corrected chi connectivity index (χ3v) is 6.99. The highest BCUT2D eigenvalue weighted by atomic mass is 19.4. The normalized spacial score (nSPS) is 17.6. The number of carbonyl (C=O) groups excluding carboxylic acids is 2. The zero-order valence-electron chi connectivity index (χ0n) is 21.3. The van der Waals surface area contributed by atoms with Crippen LogP contribution in [0.3, 0.4) is 0 Å². The van der Waals surface area contributed by atoms with Crippen molar-refractivity contribution in [3.8, 4) is 0 Å². The van der Waals surface area contributed by atoms with Crippen LogP contribution in [0, 0.1) is 5.92 Å². The van der Waals surface area contributed by atoms with E-state index in [4.69, 9.17) is 0 Å². The van der Waals surface area contributed by atoms with E-state index < -0.39 is 17.7 Å². The van der Waals surface area contributed by atoms with E-state index in [1.54, 1.807) is 11.0 Å². The average molecular weight is 524 g/mol. The van der Waals surface area contributed by atoms with Crippen LogP contribution in [0.15, 0.2) is 78.9 Å². The van der Waals surface area contributed by atoms with Gasteiger partial charge in [-0.05, 0) is 53.6 Å². The molecule has 0 spiro atoms. The Morgan fingerprint density at radius 3 is 2.21 bits per heavy atom. The molecule has 1 fully saturated rings. The summed E-state index contributed by atoms with van der Waals surface area (Å²) in [5, 5.41) is 5.75. The summed E-state index contributed by atoms with van der Waals surface area (Å²) >= 11 is 0. The van der Waals surface area contributed by atoms with Gasteiger partial charge in [-0.15, -0.1) is 0 Å². The van der Waals surface area contributed by atoms with E-state index in [9.17, 15) is 22.8 Å². The summed E-state index contributed by atoms with van der Waals surface area (Å²) in [6, 6.07) is 22.3. The van der Waals surface area contributed by atoms with Crippen molar-refractivity contribution in [2.45, 2.75) is 51.5 Å². The number of hydrogen-bond acceptors (Lipinski definition) is 2. The molecule has 3 aromatic carbocycles. The minimum Gasteiger partial charge on any atom is -0.352 e. The van der Waals surface area contributed by atoms with Crippen molar-refractivity contribution in [2.75, 3.05) is 6.54 Å².